The molecule has 2 aliphatic carbocycles. The Labute approximate surface area is 143 Å². The summed E-state index contributed by atoms with van der Waals surface area (Å²) in [6.07, 6.45) is -2.47. The average molecular weight is 308 g/mol. The minimum Gasteiger partial charge on any atom is -0.493 e. The molecule has 2 aliphatic heterocycles. The number of ether oxygens (including phenoxy) is 2. The van der Waals surface area contributed by atoms with Gasteiger partial charge in [-0.3, -0.25) is 0 Å². The number of likely N-dealkylation sites (tertiary alicyclic amines) is 1. The summed E-state index contributed by atoms with van der Waals surface area (Å²) in [5.41, 5.74) is -0.825. The summed E-state index contributed by atoms with van der Waals surface area (Å²) in [5, 5.41) is 10.8. The standard InChI is InChI=1S/C18H21NO3/c1-19-8-7-18-11-4-5-13(20)17(18)22-16-14(21-2)6-3-10(15(16)18)9-12(11)19/h3-6,11-13,17,20H,7-9H2,1-2H3/t11-,12+,13?,17?,18-/m0/s1/i1D3,2D3,9D2,17D. The summed E-state index contributed by atoms with van der Waals surface area (Å²) >= 11 is 0. The quantitative estimate of drug-likeness (QED) is 0.799. The van der Waals surface area contributed by atoms with E-state index in [1.54, 1.807) is 6.08 Å². The van der Waals surface area contributed by atoms with Gasteiger partial charge in [0.25, 0.3) is 0 Å². The maximum atomic E-state index is 10.8. The Kier molecular flexibility index (Phi) is 1.28. The maximum absolute atomic E-state index is 10.8. The van der Waals surface area contributed by atoms with Crippen LogP contribution in [0.15, 0.2) is 24.3 Å². The summed E-state index contributed by atoms with van der Waals surface area (Å²) in [6, 6.07) is 1.53. The van der Waals surface area contributed by atoms with Crippen molar-refractivity contribution in [2.75, 3.05) is 20.6 Å². The number of likely N-dealkylation sites (N-methyl/N-ethyl adjacent to an activating group) is 1. The van der Waals surface area contributed by atoms with Gasteiger partial charge in [0.2, 0.25) is 0 Å². The number of hydrogen-bond acceptors (Lipinski definition) is 4. The van der Waals surface area contributed by atoms with Crippen molar-refractivity contribution in [1.82, 2.24) is 4.90 Å². The molecule has 0 amide bonds. The van der Waals surface area contributed by atoms with E-state index in [9.17, 15) is 5.11 Å². The van der Waals surface area contributed by atoms with E-state index >= 15 is 0 Å². The molecule has 1 aromatic carbocycles. The number of piperidine rings is 1. The minimum absolute atomic E-state index is 0.0367. The van der Waals surface area contributed by atoms with Gasteiger partial charge in [-0.15, -0.1) is 0 Å². The van der Waals surface area contributed by atoms with Crippen LogP contribution in [0.2, 0.25) is 0 Å². The highest BCUT2D eigenvalue weighted by atomic mass is 16.5. The predicted octanol–water partition coefficient (Wildman–Crippen LogP) is 1.50. The molecule has 4 aliphatic rings. The SMILES string of the molecule is [2H]C([2H])([2H])Oc1ccc2c3c1OC1([2H])C(O)C=C[C@H]4[C@H](N(C([2H])([2H])[2H])CC[C@@]341)C2([2H])[2H]. The zero-order chi connectivity index (χ0) is 22.8. The summed E-state index contributed by atoms with van der Waals surface area (Å²) in [7, 11) is -2.80. The van der Waals surface area contributed by atoms with Gasteiger partial charge < -0.3 is 19.5 Å². The lowest BCUT2D eigenvalue weighted by Crippen LogP contribution is -2.64. The van der Waals surface area contributed by atoms with Crippen molar-refractivity contribution < 1.29 is 26.9 Å². The Balaban J connectivity index is 1.83. The molecule has 4 nitrogen and oxygen atoms in total. The molecule has 5 rings (SSSR count). The first kappa shape index (κ1) is 6.93. The van der Waals surface area contributed by atoms with Crippen molar-refractivity contribution in [2.45, 2.75) is 36.4 Å². The van der Waals surface area contributed by atoms with Crippen LogP contribution >= 0.6 is 0 Å². The fourth-order valence-electron chi connectivity index (χ4n) is 4.51. The predicted molar refractivity (Wildman–Crippen MR) is 82.5 cm³/mol. The monoisotopic (exact) mass is 308 g/mol. The molecule has 1 fully saturated rings. The highest BCUT2D eigenvalue weighted by Crippen LogP contribution is 2.62. The van der Waals surface area contributed by atoms with E-state index in [1.165, 1.54) is 18.2 Å². The van der Waals surface area contributed by atoms with Crippen LogP contribution < -0.4 is 9.47 Å². The number of rotatable bonds is 1. The third-order valence-electron chi connectivity index (χ3n) is 5.39. The third kappa shape index (κ3) is 1.28. The lowest BCUT2D eigenvalue weighted by atomic mass is 9.53. The zero-order valence-electron chi connectivity index (χ0n) is 20.7. The van der Waals surface area contributed by atoms with Gasteiger partial charge in [0.15, 0.2) is 11.5 Å². The average Bonchev–Trinajstić information content (AvgIpc) is 2.89. The van der Waals surface area contributed by atoms with E-state index in [2.05, 4.69) is 0 Å². The molecule has 2 heterocycles. The fraction of sp³-hybridized carbons (Fsp3) is 0.556. The molecular weight excluding hydrogens is 278 g/mol. The third-order valence-corrected chi connectivity index (χ3v) is 5.39. The van der Waals surface area contributed by atoms with Crippen molar-refractivity contribution in [3.05, 3.63) is 35.4 Å². The van der Waals surface area contributed by atoms with Crippen molar-refractivity contribution in [1.29, 1.82) is 0 Å². The summed E-state index contributed by atoms with van der Waals surface area (Å²) < 4.78 is 84.2. The lowest BCUT2D eigenvalue weighted by molar-refractivity contribution is -0.0453. The Hall–Kier alpha value is -1.52. The molecule has 1 saturated heterocycles. The normalized spacial score (nSPS) is 53.9. The number of aliphatic hydroxyl groups is 1. The first-order valence-electron chi connectivity index (χ1n) is 11.8. The number of methoxy groups -OCH3 is 1. The van der Waals surface area contributed by atoms with Crippen LogP contribution in [0.4, 0.5) is 0 Å². The van der Waals surface area contributed by atoms with Crippen molar-refractivity contribution >= 4 is 0 Å². The van der Waals surface area contributed by atoms with Crippen LogP contribution in [0.3, 0.4) is 0 Å². The smallest absolute Gasteiger partial charge is 0.165 e. The molecule has 0 radical (unpaired) electrons. The molecule has 22 heavy (non-hydrogen) atoms. The van der Waals surface area contributed by atoms with Gasteiger partial charge >= 0.3 is 0 Å². The molecule has 116 valence electrons. The van der Waals surface area contributed by atoms with Gasteiger partial charge in [0.05, 0.1) is 12.5 Å². The highest BCUT2D eigenvalue weighted by molar-refractivity contribution is 5.62. The van der Waals surface area contributed by atoms with Crippen LogP contribution in [0.1, 0.15) is 29.9 Å². The fourth-order valence-corrected chi connectivity index (χ4v) is 4.51. The van der Waals surface area contributed by atoms with E-state index in [4.69, 9.17) is 21.8 Å². The van der Waals surface area contributed by atoms with Crippen molar-refractivity contribution in [3.8, 4) is 11.5 Å². The molecule has 5 atom stereocenters. The topological polar surface area (TPSA) is 41.9 Å². The molecule has 1 N–H and O–H groups in total. The van der Waals surface area contributed by atoms with Gasteiger partial charge in [0.1, 0.15) is 12.2 Å². The van der Waals surface area contributed by atoms with Crippen LogP contribution in [0, 0.1) is 5.92 Å². The second-order valence-electron chi connectivity index (χ2n) is 6.24. The molecule has 2 unspecified atom stereocenters. The van der Waals surface area contributed by atoms with Gasteiger partial charge in [-0.25, -0.2) is 0 Å². The molecule has 2 bridgehead atoms. The van der Waals surface area contributed by atoms with Crippen LogP contribution in [-0.4, -0.2) is 48.8 Å². The van der Waals surface area contributed by atoms with Gasteiger partial charge in [-0.1, -0.05) is 18.2 Å². The molecule has 4 heteroatoms. The maximum Gasteiger partial charge on any atom is 0.165 e. The van der Waals surface area contributed by atoms with Crippen molar-refractivity contribution in [2.24, 2.45) is 5.92 Å². The summed E-state index contributed by atoms with van der Waals surface area (Å²) in [6.45, 7) is -2.59. The Bertz CT molecular complexity index is 991. The second kappa shape index (κ2) is 4.06. The molecule has 0 aromatic heterocycles. The Morgan fingerprint density at radius 1 is 1.55 bits per heavy atom. The van der Waals surface area contributed by atoms with Gasteiger partial charge in [-0.05, 0) is 37.9 Å². The summed E-state index contributed by atoms with van der Waals surface area (Å²) in [5.74, 6) is -1.01. The van der Waals surface area contributed by atoms with Crippen molar-refractivity contribution in [3.63, 3.8) is 0 Å². The molecule has 0 saturated carbocycles. The van der Waals surface area contributed by atoms with E-state index < -0.39 is 49.9 Å². The Morgan fingerprint density at radius 3 is 3.36 bits per heavy atom. The molecular formula is C18H21NO3. The number of hydrogen-bond donors (Lipinski definition) is 1. The first-order valence-corrected chi connectivity index (χ1v) is 7.34. The van der Waals surface area contributed by atoms with Crippen LogP contribution in [0.25, 0.3) is 0 Å². The summed E-state index contributed by atoms with van der Waals surface area (Å²) in [4.78, 5) is 1.15. The minimum atomic E-state index is -2.80. The largest absolute Gasteiger partial charge is 0.493 e. The number of nitrogens with zero attached hydrogens (tertiary/aromatic N) is 1. The van der Waals surface area contributed by atoms with Gasteiger partial charge in [0, 0.05) is 29.8 Å². The lowest BCUT2D eigenvalue weighted by Gasteiger charge is -2.56. The number of aliphatic hydroxyl groups excluding tert-OH is 1. The van der Waals surface area contributed by atoms with Gasteiger partial charge in [-0.2, -0.15) is 0 Å². The first-order chi connectivity index (χ1) is 14.1. The molecule has 1 spiro atoms. The number of benzene rings is 1. The van der Waals surface area contributed by atoms with Crippen LogP contribution in [0.5, 0.6) is 11.5 Å². The van der Waals surface area contributed by atoms with Crippen LogP contribution in [-0.2, 0) is 11.8 Å². The second-order valence-corrected chi connectivity index (χ2v) is 6.24. The van der Waals surface area contributed by atoms with E-state index in [0.29, 0.717) is 5.56 Å². The highest BCUT2D eigenvalue weighted by Gasteiger charge is 2.64. The van der Waals surface area contributed by atoms with E-state index in [-0.39, 0.29) is 30.0 Å². The Morgan fingerprint density at radius 2 is 2.50 bits per heavy atom. The van der Waals surface area contributed by atoms with E-state index in [1.807, 2.05) is 0 Å². The zero-order valence-corrected chi connectivity index (χ0v) is 11.7. The van der Waals surface area contributed by atoms with E-state index in [0.717, 1.165) is 4.90 Å². The molecule has 1 aromatic rings.